The maximum Gasteiger partial charge on any atom is 0.491 e. The van der Waals surface area contributed by atoms with E-state index in [1.807, 2.05) is 0 Å². The number of pyridine rings is 1. The molecule has 0 aliphatic heterocycles. The minimum absolute atomic E-state index is 0.358. The number of thiazole rings is 1. The second-order valence-corrected chi connectivity index (χ2v) is 4.45. The van der Waals surface area contributed by atoms with E-state index in [2.05, 4.69) is 14.7 Å². The second-order valence-electron chi connectivity index (χ2n) is 3.42. The molecule has 0 aromatic carbocycles. The van der Waals surface area contributed by atoms with Crippen LogP contribution in [0.2, 0.25) is 0 Å². The zero-order chi connectivity index (χ0) is 14.8. The summed E-state index contributed by atoms with van der Waals surface area (Å²) in [5.41, 5.74) is 0.506. The lowest BCUT2D eigenvalue weighted by molar-refractivity contribution is -0.193. The Balaban J connectivity index is 2.14. The van der Waals surface area contributed by atoms with Gasteiger partial charge in [-0.1, -0.05) is 6.07 Å². The van der Waals surface area contributed by atoms with Crippen molar-refractivity contribution < 1.29 is 27.5 Å². The van der Waals surface area contributed by atoms with Crippen molar-refractivity contribution in [1.29, 1.82) is 0 Å². The van der Waals surface area contributed by atoms with Crippen LogP contribution < -0.4 is 0 Å². The fraction of sp³-hybridized carbons (Fsp3) is 0.0909. The molecule has 0 aliphatic rings. The number of carbonyl (C=O) groups is 2. The van der Waals surface area contributed by atoms with Crippen LogP contribution in [0, 0.1) is 0 Å². The standard InChI is InChI=1S/C11H5F3N2O3S/c12-11(13,14)10(18)19-9(17)8-16-5-7(20-8)6-3-1-2-4-15-6/h1-5H. The zero-order valence-corrected chi connectivity index (χ0v) is 10.4. The van der Waals surface area contributed by atoms with Crippen LogP contribution in [0.4, 0.5) is 13.2 Å². The topological polar surface area (TPSA) is 69.2 Å². The van der Waals surface area contributed by atoms with Gasteiger partial charge in [0.05, 0.1) is 10.6 Å². The Morgan fingerprint density at radius 3 is 2.55 bits per heavy atom. The lowest BCUT2D eigenvalue weighted by Crippen LogP contribution is -2.27. The van der Waals surface area contributed by atoms with Crippen molar-refractivity contribution in [2.45, 2.75) is 6.18 Å². The third-order valence-corrected chi connectivity index (χ3v) is 3.01. The summed E-state index contributed by atoms with van der Waals surface area (Å²) in [6, 6.07) is 5.03. The van der Waals surface area contributed by atoms with E-state index in [4.69, 9.17) is 0 Å². The first-order chi connectivity index (χ1) is 9.38. The average molecular weight is 302 g/mol. The quantitative estimate of drug-likeness (QED) is 0.629. The fourth-order valence-corrected chi connectivity index (χ4v) is 1.95. The molecule has 2 aromatic heterocycles. The summed E-state index contributed by atoms with van der Waals surface area (Å²) in [5, 5.41) is -0.358. The number of carbonyl (C=O) groups excluding carboxylic acids is 2. The van der Waals surface area contributed by atoms with Crippen LogP contribution in [-0.4, -0.2) is 28.1 Å². The van der Waals surface area contributed by atoms with Crippen molar-refractivity contribution in [3.05, 3.63) is 35.6 Å². The molecule has 0 amide bonds. The molecule has 9 heteroatoms. The largest absolute Gasteiger partial charge is 0.491 e. The first kappa shape index (κ1) is 14.1. The molecule has 20 heavy (non-hydrogen) atoms. The van der Waals surface area contributed by atoms with Crippen LogP contribution in [0.1, 0.15) is 9.80 Å². The van der Waals surface area contributed by atoms with Crippen LogP contribution in [0.25, 0.3) is 10.6 Å². The highest BCUT2D eigenvalue weighted by atomic mass is 32.1. The Hall–Kier alpha value is -2.29. The van der Waals surface area contributed by atoms with Gasteiger partial charge in [0.2, 0.25) is 5.01 Å². The number of esters is 2. The molecule has 2 aromatic rings. The van der Waals surface area contributed by atoms with Gasteiger partial charge >= 0.3 is 18.1 Å². The number of rotatable bonds is 2. The van der Waals surface area contributed by atoms with E-state index in [9.17, 15) is 22.8 Å². The monoisotopic (exact) mass is 302 g/mol. The van der Waals surface area contributed by atoms with Gasteiger partial charge in [0.25, 0.3) is 0 Å². The van der Waals surface area contributed by atoms with Gasteiger partial charge < -0.3 is 4.74 Å². The number of ether oxygens (including phenoxy) is 1. The number of alkyl halides is 3. The van der Waals surface area contributed by atoms with E-state index < -0.39 is 18.1 Å². The first-order valence-corrected chi connectivity index (χ1v) is 5.90. The average Bonchev–Trinajstić information content (AvgIpc) is 2.88. The number of aromatic nitrogens is 2. The predicted molar refractivity (Wildman–Crippen MR) is 61.8 cm³/mol. The van der Waals surface area contributed by atoms with Crippen molar-refractivity contribution >= 4 is 23.3 Å². The molecule has 0 saturated heterocycles. The molecule has 0 fully saturated rings. The molecule has 0 radical (unpaired) electrons. The van der Waals surface area contributed by atoms with Gasteiger partial charge in [0.15, 0.2) is 0 Å². The lowest BCUT2D eigenvalue weighted by Gasteiger charge is -2.03. The van der Waals surface area contributed by atoms with Crippen molar-refractivity contribution in [3.63, 3.8) is 0 Å². The Kier molecular flexibility index (Phi) is 3.79. The van der Waals surface area contributed by atoms with E-state index >= 15 is 0 Å². The Labute approximate surface area is 114 Å². The molecular formula is C11H5F3N2O3S. The zero-order valence-electron chi connectivity index (χ0n) is 9.55. The van der Waals surface area contributed by atoms with Crippen molar-refractivity contribution in [1.82, 2.24) is 9.97 Å². The number of nitrogens with zero attached hydrogens (tertiary/aromatic N) is 2. The summed E-state index contributed by atoms with van der Waals surface area (Å²) in [4.78, 5) is 29.9. The second kappa shape index (κ2) is 5.37. The smallest absolute Gasteiger partial charge is 0.381 e. The minimum Gasteiger partial charge on any atom is -0.381 e. The van der Waals surface area contributed by atoms with Crippen LogP contribution in [0.3, 0.4) is 0 Å². The van der Waals surface area contributed by atoms with E-state index in [-0.39, 0.29) is 5.01 Å². The third-order valence-electron chi connectivity index (χ3n) is 2.01. The Morgan fingerprint density at radius 2 is 1.95 bits per heavy atom. The van der Waals surface area contributed by atoms with E-state index in [1.165, 1.54) is 12.4 Å². The molecule has 0 saturated carbocycles. The Morgan fingerprint density at radius 1 is 1.20 bits per heavy atom. The Bertz CT molecular complexity index is 640. The molecule has 0 N–H and O–H groups in total. The summed E-state index contributed by atoms with van der Waals surface area (Å²) in [6.07, 6.45) is -2.45. The van der Waals surface area contributed by atoms with Gasteiger partial charge in [-0.2, -0.15) is 13.2 Å². The highest BCUT2D eigenvalue weighted by Crippen LogP contribution is 2.25. The molecule has 104 valence electrons. The molecule has 2 heterocycles. The molecule has 0 atom stereocenters. The summed E-state index contributed by atoms with van der Waals surface area (Å²) in [5.74, 6) is -4.02. The van der Waals surface area contributed by atoms with Gasteiger partial charge in [0, 0.05) is 12.4 Å². The highest BCUT2D eigenvalue weighted by molar-refractivity contribution is 7.16. The summed E-state index contributed by atoms with van der Waals surface area (Å²) >= 11 is 0.779. The van der Waals surface area contributed by atoms with Crippen LogP contribution in [-0.2, 0) is 9.53 Å². The SMILES string of the molecule is O=C(OC(=O)C(F)(F)F)c1ncc(-c2ccccn2)s1. The van der Waals surface area contributed by atoms with Gasteiger partial charge in [-0.05, 0) is 12.1 Å². The van der Waals surface area contributed by atoms with Crippen LogP contribution in [0.5, 0.6) is 0 Å². The predicted octanol–water partition coefficient (Wildman–Crippen LogP) is 2.45. The molecule has 0 bridgehead atoms. The fourth-order valence-electron chi connectivity index (χ4n) is 1.18. The van der Waals surface area contributed by atoms with Crippen molar-refractivity contribution in [3.8, 4) is 10.6 Å². The maximum atomic E-state index is 11.9. The molecule has 5 nitrogen and oxygen atoms in total. The summed E-state index contributed by atoms with van der Waals surface area (Å²) in [7, 11) is 0. The van der Waals surface area contributed by atoms with Gasteiger partial charge in [-0.15, -0.1) is 11.3 Å². The maximum absolute atomic E-state index is 11.9. The summed E-state index contributed by atoms with van der Waals surface area (Å²) in [6.45, 7) is 0. The molecule has 0 unspecified atom stereocenters. The lowest BCUT2D eigenvalue weighted by atomic mass is 10.3. The van der Waals surface area contributed by atoms with Crippen molar-refractivity contribution in [2.75, 3.05) is 0 Å². The molecule has 0 aliphatic carbocycles. The number of halogens is 3. The van der Waals surface area contributed by atoms with Crippen molar-refractivity contribution in [2.24, 2.45) is 0 Å². The van der Waals surface area contributed by atoms with E-state index in [0.29, 0.717) is 10.6 Å². The van der Waals surface area contributed by atoms with Gasteiger partial charge in [-0.3, -0.25) is 4.98 Å². The van der Waals surface area contributed by atoms with E-state index in [1.54, 1.807) is 18.2 Å². The first-order valence-electron chi connectivity index (χ1n) is 5.08. The van der Waals surface area contributed by atoms with E-state index in [0.717, 1.165) is 11.3 Å². The molecule has 2 rings (SSSR count). The number of hydrogen-bond donors (Lipinski definition) is 0. The normalized spacial score (nSPS) is 11.2. The van der Waals surface area contributed by atoms with Gasteiger partial charge in [-0.25, -0.2) is 14.6 Å². The third kappa shape index (κ3) is 3.18. The summed E-state index contributed by atoms with van der Waals surface area (Å²) < 4.78 is 39.5. The van der Waals surface area contributed by atoms with Crippen LogP contribution >= 0.6 is 11.3 Å². The molecular weight excluding hydrogens is 297 g/mol. The highest BCUT2D eigenvalue weighted by Gasteiger charge is 2.42. The van der Waals surface area contributed by atoms with Crippen LogP contribution in [0.15, 0.2) is 30.6 Å². The van der Waals surface area contributed by atoms with Gasteiger partial charge in [0.1, 0.15) is 0 Å². The minimum atomic E-state index is -5.23. The number of hydrogen-bond acceptors (Lipinski definition) is 6. The molecule has 0 spiro atoms.